The maximum Gasteiger partial charge on any atom is 0.323 e. The standard InChI is InChI=1S/C56H74O6/c1-5-7-9-11-13-15-17-19-21-23-25-43-37-41(3)53-49(39-43)51(55(57)61-53)45-27-31-47(32-28-45)59-35-36-60-48-33-29-46(30-34-48)52-50-40-44(38-42(4)54(50)62-56(52)58)26-24-22-20-18-16-14-12-10-8-6-2/h27-34,37-40,51-52H,5-26,35-36H2,1-4H3. The van der Waals surface area contributed by atoms with E-state index in [4.69, 9.17) is 18.9 Å². The zero-order valence-corrected chi connectivity index (χ0v) is 38.5. The lowest BCUT2D eigenvalue weighted by Crippen LogP contribution is -2.12. The van der Waals surface area contributed by atoms with Gasteiger partial charge in [0, 0.05) is 11.1 Å². The quantitative estimate of drug-likeness (QED) is 0.0308. The average Bonchev–Trinajstić information content (AvgIpc) is 3.80. The summed E-state index contributed by atoms with van der Waals surface area (Å²) < 4.78 is 23.7. The molecule has 0 radical (unpaired) electrons. The van der Waals surface area contributed by atoms with Gasteiger partial charge in [0.1, 0.15) is 48.0 Å². The number of ether oxygens (including phenoxy) is 4. The smallest absolute Gasteiger partial charge is 0.323 e. The molecule has 2 heterocycles. The van der Waals surface area contributed by atoms with E-state index in [-0.39, 0.29) is 11.9 Å². The fourth-order valence-corrected chi connectivity index (χ4v) is 9.42. The molecule has 62 heavy (non-hydrogen) atoms. The number of fused-ring (bicyclic) bond motifs is 2. The van der Waals surface area contributed by atoms with Gasteiger partial charge in [-0.05, 0) is 97.2 Å². The highest BCUT2D eigenvalue weighted by Gasteiger charge is 2.37. The molecule has 0 spiro atoms. The van der Waals surface area contributed by atoms with Crippen LogP contribution in [-0.2, 0) is 22.4 Å². The molecule has 0 saturated carbocycles. The zero-order valence-electron chi connectivity index (χ0n) is 38.5. The minimum Gasteiger partial charge on any atom is -0.490 e. The number of unbranched alkanes of at least 4 members (excludes halogenated alkanes) is 18. The maximum atomic E-state index is 13.2. The van der Waals surface area contributed by atoms with Crippen molar-refractivity contribution in [1.82, 2.24) is 0 Å². The first-order valence-corrected chi connectivity index (χ1v) is 24.5. The van der Waals surface area contributed by atoms with Crippen LogP contribution in [0, 0.1) is 13.8 Å². The van der Waals surface area contributed by atoms with Crippen LogP contribution in [0.5, 0.6) is 23.0 Å². The Morgan fingerprint density at radius 3 is 1.10 bits per heavy atom. The third kappa shape index (κ3) is 13.5. The first kappa shape index (κ1) is 46.9. The van der Waals surface area contributed by atoms with Crippen molar-refractivity contribution in [1.29, 1.82) is 0 Å². The van der Waals surface area contributed by atoms with Gasteiger partial charge in [-0.25, -0.2) is 0 Å². The summed E-state index contributed by atoms with van der Waals surface area (Å²) in [6.45, 7) is 9.36. The van der Waals surface area contributed by atoms with Crippen LogP contribution in [-0.4, -0.2) is 25.2 Å². The van der Waals surface area contributed by atoms with E-state index in [0.29, 0.717) is 36.2 Å². The number of carbonyl (C=O) groups excluding carboxylic acids is 2. The topological polar surface area (TPSA) is 71.1 Å². The highest BCUT2D eigenvalue weighted by atomic mass is 16.5. The summed E-state index contributed by atoms with van der Waals surface area (Å²) in [7, 11) is 0. The molecule has 0 fully saturated rings. The number of hydrogen-bond acceptors (Lipinski definition) is 6. The van der Waals surface area contributed by atoms with Crippen molar-refractivity contribution >= 4 is 11.9 Å². The highest BCUT2D eigenvalue weighted by molar-refractivity contribution is 5.91. The summed E-state index contributed by atoms with van der Waals surface area (Å²) in [5.41, 5.74) is 8.37. The molecule has 0 saturated heterocycles. The summed E-state index contributed by atoms with van der Waals surface area (Å²) >= 11 is 0. The van der Waals surface area contributed by atoms with Crippen LogP contribution in [0.25, 0.3) is 0 Å². The molecule has 0 amide bonds. The molecule has 6 heteroatoms. The van der Waals surface area contributed by atoms with E-state index in [9.17, 15) is 9.59 Å². The monoisotopic (exact) mass is 843 g/mol. The normalized spacial score (nSPS) is 15.4. The van der Waals surface area contributed by atoms with Crippen LogP contribution >= 0.6 is 0 Å². The van der Waals surface area contributed by atoms with E-state index in [1.165, 1.54) is 140 Å². The molecular formula is C56H74O6. The second kappa shape index (κ2) is 24.9. The van der Waals surface area contributed by atoms with E-state index in [2.05, 4.69) is 38.1 Å². The Balaban J connectivity index is 0.932. The summed E-state index contributed by atoms with van der Waals surface area (Å²) in [6.07, 6.45) is 28.4. The van der Waals surface area contributed by atoms with E-state index < -0.39 is 11.8 Å². The van der Waals surface area contributed by atoms with Crippen LogP contribution in [0.2, 0.25) is 0 Å². The maximum absolute atomic E-state index is 13.2. The molecule has 4 aromatic rings. The predicted molar refractivity (Wildman–Crippen MR) is 252 cm³/mol. The van der Waals surface area contributed by atoms with Gasteiger partial charge in [-0.15, -0.1) is 0 Å². The van der Waals surface area contributed by atoms with Gasteiger partial charge in [-0.1, -0.05) is 178 Å². The van der Waals surface area contributed by atoms with E-state index in [1.807, 2.05) is 62.4 Å². The number of carbonyl (C=O) groups is 2. The van der Waals surface area contributed by atoms with Crippen molar-refractivity contribution < 1.29 is 28.5 Å². The van der Waals surface area contributed by atoms with Gasteiger partial charge in [0.2, 0.25) is 0 Å². The van der Waals surface area contributed by atoms with Gasteiger partial charge in [-0.2, -0.15) is 0 Å². The molecule has 6 rings (SSSR count). The second-order valence-corrected chi connectivity index (χ2v) is 18.1. The number of aryl methyl sites for hydroxylation is 4. The largest absolute Gasteiger partial charge is 0.490 e. The molecule has 0 bridgehead atoms. The number of esters is 2. The molecule has 6 nitrogen and oxygen atoms in total. The lowest BCUT2D eigenvalue weighted by molar-refractivity contribution is -0.134. The van der Waals surface area contributed by atoms with E-state index in [1.54, 1.807) is 0 Å². The van der Waals surface area contributed by atoms with Gasteiger partial charge in [-0.3, -0.25) is 9.59 Å². The third-order valence-electron chi connectivity index (χ3n) is 12.9. The molecule has 2 atom stereocenters. The SMILES string of the molecule is CCCCCCCCCCCCc1cc(C)c2c(c1)C(c1ccc(OCCOc3ccc(C4C(=O)Oc5c(C)cc(CCCCCCCCCCCC)cc54)cc3)cc1)C(=O)O2. The molecule has 334 valence electrons. The predicted octanol–water partition coefficient (Wildman–Crippen LogP) is 14.8. The van der Waals surface area contributed by atoms with Crippen molar-refractivity contribution in [3.05, 3.63) is 117 Å². The fourth-order valence-electron chi connectivity index (χ4n) is 9.42. The van der Waals surface area contributed by atoms with E-state index >= 15 is 0 Å². The summed E-state index contributed by atoms with van der Waals surface area (Å²) in [5.74, 6) is 1.54. The van der Waals surface area contributed by atoms with Crippen molar-refractivity contribution in [2.24, 2.45) is 0 Å². The van der Waals surface area contributed by atoms with Crippen LogP contribution in [0.1, 0.15) is 199 Å². The summed E-state index contributed by atoms with van der Waals surface area (Å²) in [6, 6.07) is 24.3. The summed E-state index contributed by atoms with van der Waals surface area (Å²) in [5, 5.41) is 0. The highest BCUT2D eigenvalue weighted by Crippen LogP contribution is 2.44. The first-order chi connectivity index (χ1) is 30.4. The Morgan fingerprint density at radius 1 is 0.435 bits per heavy atom. The average molecular weight is 843 g/mol. The van der Waals surface area contributed by atoms with Gasteiger partial charge < -0.3 is 18.9 Å². The van der Waals surface area contributed by atoms with E-state index in [0.717, 1.165) is 46.2 Å². The van der Waals surface area contributed by atoms with Crippen molar-refractivity contribution in [2.45, 2.75) is 181 Å². The number of benzene rings is 4. The molecule has 2 aliphatic heterocycles. The van der Waals surface area contributed by atoms with Crippen molar-refractivity contribution in [3.63, 3.8) is 0 Å². The molecule has 2 aliphatic rings. The zero-order chi connectivity index (χ0) is 43.5. The van der Waals surface area contributed by atoms with Gasteiger partial charge in [0.15, 0.2) is 0 Å². The van der Waals surface area contributed by atoms with Gasteiger partial charge >= 0.3 is 11.9 Å². The van der Waals surface area contributed by atoms with Crippen molar-refractivity contribution in [2.75, 3.05) is 13.2 Å². The van der Waals surface area contributed by atoms with Crippen LogP contribution < -0.4 is 18.9 Å². The third-order valence-corrected chi connectivity index (χ3v) is 12.9. The Hall–Kier alpha value is -4.58. The van der Waals surface area contributed by atoms with Crippen molar-refractivity contribution in [3.8, 4) is 23.0 Å². The molecule has 2 unspecified atom stereocenters. The molecule has 0 N–H and O–H groups in total. The van der Waals surface area contributed by atoms with Gasteiger partial charge in [0.25, 0.3) is 0 Å². The minimum absolute atomic E-state index is 0.222. The Bertz CT molecular complexity index is 1850. The number of hydrogen-bond donors (Lipinski definition) is 0. The van der Waals surface area contributed by atoms with Crippen LogP contribution in [0.4, 0.5) is 0 Å². The Morgan fingerprint density at radius 2 is 0.758 bits per heavy atom. The minimum atomic E-state index is -0.434. The Labute approximate surface area is 373 Å². The van der Waals surface area contributed by atoms with Gasteiger partial charge in [0.05, 0.1) is 0 Å². The van der Waals surface area contributed by atoms with Crippen LogP contribution in [0.3, 0.4) is 0 Å². The van der Waals surface area contributed by atoms with Crippen LogP contribution in [0.15, 0.2) is 72.8 Å². The molecule has 0 aliphatic carbocycles. The molecule has 0 aromatic heterocycles. The first-order valence-electron chi connectivity index (χ1n) is 24.5. The lowest BCUT2D eigenvalue weighted by Gasteiger charge is -2.13. The fraction of sp³-hybridized carbons (Fsp3) is 0.536. The second-order valence-electron chi connectivity index (χ2n) is 18.1. The summed E-state index contributed by atoms with van der Waals surface area (Å²) in [4.78, 5) is 26.3. The Kier molecular flexibility index (Phi) is 18.8. The molecule has 4 aromatic carbocycles. The number of rotatable bonds is 29. The lowest BCUT2D eigenvalue weighted by atomic mass is 9.89. The molecular weight excluding hydrogens is 769 g/mol.